The number of nitrogens with zero attached hydrogens (tertiary/aromatic N) is 1. The molecule has 0 aromatic heterocycles. The van der Waals surface area contributed by atoms with Gasteiger partial charge in [0.25, 0.3) is 0 Å². The van der Waals surface area contributed by atoms with Crippen LogP contribution in [0.15, 0.2) is 22.7 Å². The number of halogens is 1. The van der Waals surface area contributed by atoms with Crippen LogP contribution in [0.25, 0.3) is 0 Å². The van der Waals surface area contributed by atoms with Gasteiger partial charge < -0.3 is 15.3 Å². The fraction of sp³-hybridized carbons (Fsp3) is 0.467. The van der Waals surface area contributed by atoms with Crippen molar-refractivity contribution in [1.82, 2.24) is 4.90 Å². The Morgan fingerprint density at radius 3 is 2.95 bits per heavy atom. The van der Waals surface area contributed by atoms with Crippen LogP contribution >= 0.6 is 15.9 Å². The zero-order chi connectivity index (χ0) is 15.4. The first kappa shape index (κ1) is 15.8. The van der Waals surface area contributed by atoms with Gasteiger partial charge in [-0.1, -0.05) is 12.1 Å². The van der Waals surface area contributed by atoms with Crippen LogP contribution in [0.3, 0.4) is 0 Å². The molecular weight excluding hydrogens is 336 g/mol. The number of amides is 2. The molecule has 0 bridgehead atoms. The van der Waals surface area contributed by atoms with E-state index in [9.17, 15) is 9.59 Å². The van der Waals surface area contributed by atoms with Crippen LogP contribution in [0.4, 0.5) is 10.5 Å². The molecule has 1 atom stereocenters. The van der Waals surface area contributed by atoms with Crippen LogP contribution in [-0.4, -0.2) is 35.1 Å². The summed E-state index contributed by atoms with van der Waals surface area (Å²) >= 11 is 3.47. The second-order valence-electron chi connectivity index (χ2n) is 5.42. The first-order valence-electron chi connectivity index (χ1n) is 7.00. The van der Waals surface area contributed by atoms with E-state index in [-0.39, 0.29) is 18.4 Å². The van der Waals surface area contributed by atoms with E-state index in [2.05, 4.69) is 21.2 Å². The van der Waals surface area contributed by atoms with Gasteiger partial charge >= 0.3 is 12.0 Å². The molecule has 1 aliphatic heterocycles. The molecule has 2 N–H and O–H groups in total. The van der Waals surface area contributed by atoms with Gasteiger partial charge in [0.2, 0.25) is 0 Å². The van der Waals surface area contributed by atoms with Crippen molar-refractivity contribution in [2.75, 3.05) is 18.4 Å². The molecule has 0 saturated carbocycles. The van der Waals surface area contributed by atoms with E-state index >= 15 is 0 Å². The maximum absolute atomic E-state index is 12.3. The molecule has 0 aliphatic carbocycles. The summed E-state index contributed by atoms with van der Waals surface area (Å²) < 4.78 is 0.873. The molecule has 1 fully saturated rings. The second kappa shape index (κ2) is 6.93. The third-order valence-electron chi connectivity index (χ3n) is 3.70. The van der Waals surface area contributed by atoms with Crippen LogP contribution < -0.4 is 5.32 Å². The predicted octanol–water partition coefficient (Wildman–Crippen LogP) is 3.48. The molecule has 2 rings (SSSR count). The quantitative estimate of drug-likeness (QED) is 0.872. The van der Waals surface area contributed by atoms with Gasteiger partial charge in [0.05, 0.1) is 5.69 Å². The van der Waals surface area contributed by atoms with E-state index in [0.717, 1.165) is 28.6 Å². The topological polar surface area (TPSA) is 69.6 Å². The predicted molar refractivity (Wildman–Crippen MR) is 84.4 cm³/mol. The first-order valence-corrected chi connectivity index (χ1v) is 7.79. The number of nitrogens with one attached hydrogen (secondary N) is 1. The number of anilines is 1. The van der Waals surface area contributed by atoms with Crippen molar-refractivity contribution in [2.45, 2.75) is 26.2 Å². The zero-order valence-corrected chi connectivity index (χ0v) is 13.5. The number of aryl methyl sites for hydroxylation is 1. The Kier molecular flexibility index (Phi) is 5.22. The van der Waals surface area contributed by atoms with Crippen LogP contribution in [-0.2, 0) is 4.79 Å². The Hall–Kier alpha value is -1.56. The van der Waals surface area contributed by atoms with Crippen LogP contribution in [0.1, 0.15) is 24.8 Å². The third-order valence-corrected chi connectivity index (χ3v) is 4.76. The van der Waals surface area contributed by atoms with Gasteiger partial charge in [0.1, 0.15) is 0 Å². The van der Waals surface area contributed by atoms with Crippen molar-refractivity contribution in [2.24, 2.45) is 5.92 Å². The molecule has 1 aromatic rings. The van der Waals surface area contributed by atoms with Crippen molar-refractivity contribution < 1.29 is 14.7 Å². The molecule has 2 amide bonds. The van der Waals surface area contributed by atoms with Crippen molar-refractivity contribution in [3.05, 3.63) is 28.2 Å². The first-order chi connectivity index (χ1) is 9.97. The Balaban J connectivity index is 1.99. The van der Waals surface area contributed by atoms with Gasteiger partial charge in [-0.2, -0.15) is 0 Å². The van der Waals surface area contributed by atoms with E-state index in [4.69, 9.17) is 5.11 Å². The summed E-state index contributed by atoms with van der Waals surface area (Å²) in [5.74, 6) is -0.758. The van der Waals surface area contributed by atoms with Crippen molar-refractivity contribution >= 4 is 33.6 Å². The Labute approximate surface area is 132 Å². The monoisotopic (exact) mass is 354 g/mol. The number of hydrogen-bond acceptors (Lipinski definition) is 2. The summed E-state index contributed by atoms with van der Waals surface area (Å²) in [4.78, 5) is 24.8. The van der Waals surface area contributed by atoms with E-state index < -0.39 is 5.97 Å². The lowest BCUT2D eigenvalue weighted by molar-refractivity contribution is -0.138. The molecule has 114 valence electrons. The molecule has 1 aliphatic rings. The van der Waals surface area contributed by atoms with Crippen molar-refractivity contribution in [1.29, 1.82) is 0 Å². The Bertz CT molecular complexity index is 548. The lowest BCUT2D eigenvalue weighted by Crippen LogP contribution is -2.42. The van der Waals surface area contributed by atoms with Crippen LogP contribution in [0, 0.1) is 12.8 Å². The highest BCUT2D eigenvalue weighted by Gasteiger charge is 2.25. The number of hydrogen-bond donors (Lipinski definition) is 2. The van der Waals surface area contributed by atoms with Gasteiger partial charge in [0, 0.05) is 24.0 Å². The minimum absolute atomic E-state index is 0.0444. The number of likely N-dealkylation sites (tertiary alicyclic amines) is 1. The SMILES string of the molecule is Cc1cccc(NC(=O)N2CCCC(CC(=O)O)C2)c1Br. The normalized spacial score (nSPS) is 18.4. The average molecular weight is 355 g/mol. The van der Waals surface area contributed by atoms with E-state index in [1.807, 2.05) is 25.1 Å². The maximum Gasteiger partial charge on any atom is 0.321 e. The molecule has 5 nitrogen and oxygen atoms in total. The molecule has 1 heterocycles. The highest BCUT2D eigenvalue weighted by Crippen LogP contribution is 2.27. The second-order valence-corrected chi connectivity index (χ2v) is 6.21. The van der Waals surface area contributed by atoms with Gasteiger partial charge in [-0.05, 0) is 53.2 Å². The largest absolute Gasteiger partial charge is 0.481 e. The van der Waals surface area contributed by atoms with E-state index in [0.29, 0.717) is 13.1 Å². The van der Waals surface area contributed by atoms with Crippen LogP contribution in [0.5, 0.6) is 0 Å². The highest BCUT2D eigenvalue weighted by atomic mass is 79.9. The average Bonchev–Trinajstić information content (AvgIpc) is 2.43. The minimum atomic E-state index is -0.802. The van der Waals surface area contributed by atoms with Crippen LogP contribution in [0.2, 0.25) is 0 Å². The molecule has 0 spiro atoms. The molecule has 1 unspecified atom stereocenters. The minimum Gasteiger partial charge on any atom is -0.481 e. The maximum atomic E-state index is 12.3. The Morgan fingerprint density at radius 2 is 2.24 bits per heavy atom. The molecule has 0 radical (unpaired) electrons. The highest BCUT2D eigenvalue weighted by molar-refractivity contribution is 9.10. The van der Waals surface area contributed by atoms with E-state index in [1.165, 1.54) is 0 Å². The summed E-state index contributed by atoms with van der Waals surface area (Å²) in [5, 5.41) is 11.8. The van der Waals surface area contributed by atoms with Crippen molar-refractivity contribution in [3.63, 3.8) is 0 Å². The number of carbonyl (C=O) groups is 2. The number of urea groups is 1. The third kappa shape index (κ3) is 4.20. The number of carboxylic acids is 1. The smallest absolute Gasteiger partial charge is 0.321 e. The number of aliphatic carboxylic acids is 1. The van der Waals surface area contributed by atoms with Gasteiger partial charge in [-0.25, -0.2) is 4.79 Å². The summed E-state index contributed by atoms with van der Waals surface area (Å²) in [7, 11) is 0. The Morgan fingerprint density at radius 1 is 1.48 bits per heavy atom. The van der Waals surface area contributed by atoms with Gasteiger partial charge in [-0.3, -0.25) is 4.79 Å². The summed E-state index contributed by atoms with van der Waals surface area (Å²) in [6.45, 7) is 3.14. The van der Waals surface area contributed by atoms with Gasteiger partial charge in [0.15, 0.2) is 0 Å². The lowest BCUT2D eigenvalue weighted by Gasteiger charge is -2.32. The number of piperidine rings is 1. The molecule has 6 heteroatoms. The van der Waals surface area contributed by atoms with Crippen molar-refractivity contribution in [3.8, 4) is 0 Å². The number of carbonyl (C=O) groups excluding carboxylic acids is 1. The fourth-order valence-corrected chi connectivity index (χ4v) is 2.96. The molecule has 21 heavy (non-hydrogen) atoms. The number of benzene rings is 1. The van der Waals surface area contributed by atoms with Gasteiger partial charge in [-0.15, -0.1) is 0 Å². The molecule has 1 aromatic carbocycles. The molecular formula is C15H19BrN2O3. The fourth-order valence-electron chi connectivity index (χ4n) is 2.60. The van der Waals surface area contributed by atoms with E-state index in [1.54, 1.807) is 4.90 Å². The lowest BCUT2D eigenvalue weighted by atomic mass is 9.95. The zero-order valence-electron chi connectivity index (χ0n) is 11.9. The summed E-state index contributed by atoms with van der Waals surface area (Å²) in [6, 6.07) is 5.52. The number of carboxylic acid groups (broad SMARTS) is 1. The molecule has 1 saturated heterocycles. The summed E-state index contributed by atoms with van der Waals surface area (Å²) in [6.07, 6.45) is 1.84. The number of rotatable bonds is 3. The summed E-state index contributed by atoms with van der Waals surface area (Å²) in [5.41, 5.74) is 1.79. The standard InChI is InChI=1S/C15H19BrN2O3/c1-10-4-2-6-12(14(10)16)17-15(21)18-7-3-5-11(9-18)8-13(19)20/h2,4,6,11H,3,5,7-9H2,1H3,(H,17,21)(H,19,20).